The number of benzene rings is 2. The fourth-order valence-corrected chi connectivity index (χ4v) is 4.58. The molecular formula is C15H16O8S2. The standard InChI is InChI=1S/C15H16O8S2/c16-13(24(18,19)20)15(14(17)25(21,22)23,11-7-3-1-4-8-11)12-9-5-2-6-10-12/h1-10,13-14,16-17H,(H,18,19,20)(H,21,22,23). The summed E-state index contributed by atoms with van der Waals surface area (Å²) in [6.45, 7) is 0. The van der Waals surface area contributed by atoms with Crippen molar-refractivity contribution >= 4 is 20.2 Å². The highest BCUT2D eigenvalue weighted by Crippen LogP contribution is 2.42. The molecule has 0 heterocycles. The van der Waals surface area contributed by atoms with E-state index in [-0.39, 0.29) is 11.1 Å². The molecule has 4 N–H and O–H groups in total. The zero-order valence-electron chi connectivity index (χ0n) is 12.7. The van der Waals surface area contributed by atoms with Crippen molar-refractivity contribution in [2.45, 2.75) is 16.3 Å². The molecule has 0 saturated carbocycles. The Morgan fingerprint density at radius 2 is 0.920 bits per heavy atom. The summed E-state index contributed by atoms with van der Waals surface area (Å²) < 4.78 is 65.5. The van der Waals surface area contributed by atoms with Crippen molar-refractivity contribution < 1.29 is 36.2 Å². The second-order valence-corrected chi connectivity index (χ2v) is 8.29. The van der Waals surface area contributed by atoms with Crippen molar-refractivity contribution in [2.75, 3.05) is 0 Å². The van der Waals surface area contributed by atoms with Gasteiger partial charge in [-0.2, -0.15) is 16.8 Å². The van der Waals surface area contributed by atoms with E-state index in [1.807, 2.05) is 0 Å². The summed E-state index contributed by atoms with van der Waals surface area (Å²) in [5.41, 5.74) is -8.43. The molecule has 25 heavy (non-hydrogen) atoms. The molecule has 0 saturated heterocycles. The van der Waals surface area contributed by atoms with Crippen LogP contribution in [-0.4, -0.2) is 47.0 Å². The molecule has 2 atom stereocenters. The largest absolute Gasteiger partial charge is 0.374 e. The Morgan fingerprint density at radius 1 is 0.640 bits per heavy atom. The summed E-state index contributed by atoms with van der Waals surface area (Å²) in [5, 5.41) is 20.7. The van der Waals surface area contributed by atoms with Gasteiger partial charge in [-0.1, -0.05) is 60.7 Å². The maximum atomic E-state index is 11.7. The Morgan fingerprint density at radius 3 is 1.16 bits per heavy atom. The minimum Gasteiger partial charge on any atom is -0.374 e. The smallest absolute Gasteiger partial charge is 0.293 e. The molecule has 0 aromatic heterocycles. The van der Waals surface area contributed by atoms with Crippen LogP contribution in [0.2, 0.25) is 0 Å². The van der Waals surface area contributed by atoms with Gasteiger partial charge in [0.25, 0.3) is 20.2 Å². The molecule has 0 aliphatic rings. The van der Waals surface area contributed by atoms with E-state index in [1.54, 1.807) is 12.1 Å². The van der Waals surface area contributed by atoms with E-state index in [9.17, 15) is 36.2 Å². The Labute approximate surface area is 144 Å². The molecule has 2 unspecified atom stereocenters. The summed E-state index contributed by atoms with van der Waals surface area (Å²) in [5.74, 6) is 0. The quantitative estimate of drug-likeness (QED) is 0.519. The summed E-state index contributed by atoms with van der Waals surface area (Å²) in [7, 11) is -10.5. The lowest BCUT2D eigenvalue weighted by molar-refractivity contribution is 0.0781. The third-order valence-electron chi connectivity index (χ3n) is 3.85. The monoisotopic (exact) mass is 388 g/mol. The molecule has 2 aromatic rings. The van der Waals surface area contributed by atoms with Crippen molar-refractivity contribution in [3.05, 3.63) is 71.8 Å². The molecule has 0 bridgehead atoms. The Bertz CT molecular complexity index is 845. The molecule has 10 heteroatoms. The van der Waals surface area contributed by atoms with Gasteiger partial charge in [-0.05, 0) is 11.1 Å². The van der Waals surface area contributed by atoms with Gasteiger partial charge in [0, 0.05) is 0 Å². The average Bonchev–Trinajstić information content (AvgIpc) is 2.55. The van der Waals surface area contributed by atoms with Gasteiger partial charge >= 0.3 is 0 Å². The number of rotatable bonds is 6. The van der Waals surface area contributed by atoms with Gasteiger partial charge < -0.3 is 10.2 Å². The first-order chi connectivity index (χ1) is 11.5. The molecule has 0 fully saturated rings. The van der Waals surface area contributed by atoms with Crippen molar-refractivity contribution in [3.8, 4) is 0 Å². The Balaban J connectivity index is 2.99. The van der Waals surface area contributed by atoms with Gasteiger partial charge in [0.15, 0.2) is 10.9 Å². The maximum Gasteiger partial charge on any atom is 0.293 e. The Kier molecular flexibility index (Phi) is 5.33. The van der Waals surface area contributed by atoms with E-state index in [2.05, 4.69) is 0 Å². The van der Waals surface area contributed by atoms with Crippen LogP contribution in [0, 0.1) is 0 Å². The topological polar surface area (TPSA) is 149 Å². The van der Waals surface area contributed by atoms with Crippen LogP contribution in [0.5, 0.6) is 0 Å². The average molecular weight is 388 g/mol. The summed E-state index contributed by atoms with van der Waals surface area (Å²) in [4.78, 5) is 0. The first-order valence-corrected chi connectivity index (χ1v) is 9.92. The van der Waals surface area contributed by atoms with E-state index in [0.29, 0.717) is 0 Å². The first-order valence-electron chi connectivity index (χ1n) is 6.92. The van der Waals surface area contributed by atoms with Crippen LogP contribution in [-0.2, 0) is 25.7 Å². The van der Waals surface area contributed by atoms with Crippen LogP contribution < -0.4 is 0 Å². The molecule has 8 nitrogen and oxygen atoms in total. The third kappa shape index (κ3) is 3.59. The molecule has 0 radical (unpaired) electrons. The highest BCUT2D eigenvalue weighted by molar-refractivity contribution is 7.87. The highest BCUT2D eigenvalue weighted by Gasteiger charge is 2.57. The van der Waals surface area contributed by atoms with Gasteiger partial charge in [-0.15, -0.1) is 0 Å². The van der Waals surface area contributed by atoms with Gasteiger partial charge in [0.05, 0.1) is 0 Å². The van der Waals surface area contributed by atoms with Crippen molar-refractivity contribution in [2.24, 2.45) is 0 Å². The maximum absolute atomic E-state index is 11.7. The predicted molar refractivity (Wildman–Crippen MR) is 88.8 cm³/mol. The number of aliphatic hydroxyl groups excluding tert-OH is 2. The van der Waals surface area contributed by atoms with Gasteiger partial charge in [0.2, 0.25) is 0 Å². The lowest BCUT2D eigenvalue weighted by Gasteiger charge is -2.39. The molecule has 0 amide bonds. The fraction of sp³-hybridized carbons (Fsp3) is 0.200. The van der Waals surface area contributed by atoms with Crippen molar-refractivity contribution in [1.29, 1.82) is 0 Å². The van der Waals surface area contributed by atoms with Crippen molar-refractivity contribution in [1.82, 2.24) is 0 Å². The normalized spacial score (nSPS) is 15.5. The van der Waals surface area contributed by atoms with Crippen LogP contribution in [0.15, 0.2) is 60.7 Å². The minimum absolute atomic E-state index is 0.142. The van der Waals surface area contributed by atoms with Gasteiger partial charge in [-0.3, -0.25) is 9.11 Å². The predicted octanol–water partition coefficient (Wildman–Crippen LogP) is 0.385. The van der Waals surface area contributed by atoms with E-state index < -0.39 is 36.5 Å². The minimum atomic E-state index is -5.24. The molecular weight excluding hydrogens is 372 g/mol. The van der Waals surface area contributed by atoms with E-state index >= 15 is 0 Å². The zero-order chi connectivity index (χ0) is 18.9. The highest BCUT2D eigenvalue weighted by atomic mass is 32.2. The van der Waals surface area contributed by atoms with E-state index in [1.165, 1.54) is 48.5 Å². The lowest BCUT2D eigenvalue weighted by Crippen LogP contribution is -2.56. The van der Waals surface area contributed by atoms with Crippen LogP contribution in [0.1, 0.15) is 11.1 Å². The number of hydrogen-bond acceptors (Lipinski definition) is 6. The molecule has 0 spiro atoms. The SMILES string of the molecule is O=S(=O)(O)C(O)C(c1ccccc1)(c1ccccc1)C(O)S(=O)(=O)O. The second-order valence-electron chi connectivity index (χ2n) is 5.34. The lowest BCUT2D eigenvalue weighted by atomic mass is 9.75. The van der Waals surface area contributed by atoms with Crippen LogP contribution >= 0.6 is 0 Å². The van der Waals surface area contributed by atoms with E-state index in [0.717, 1.165) is 0 Å². The van der Waals surface area contributed by atoms with Crippen LogP contribution in [0.25, 0.3) is 0 Å². The first kappa shape index (κ1) is 19.5. The molecule has 136 valence electrons. The zero-order valence-corrected chi connectivity index (χ0v) is 14.3. The molecule has 0 aliphatic heterocycles. The molecule has 2 rings (SSSR count). The third-order valence-corrected chi connectivity index (χ3v) is 5.72. The number of hydrogen-bond donors (Lipinski definition) is 4. The molecule has 0 aliphatic carbocycles. The summed E-state index contributed by atoms with van der Waals surface area (Å²) in [6, 6.07) is 13.8. The second kappa shape index (κ2) is 6.83. The van der Waals surface area contributed by atoms with Gasteiger partial charge in [0.1, 0.15) is 5.41 Å². The van der Waals surface area contributed by atoms with Crippen molar-refractivity contribution in [3.63, 3.8) is 0 Å². The van der Waals surface area contributed by atoms with Crippen LogP contribution in [0.3, 0.4) is 0 Å². The fourth-order valence-electron chi connectivity index (χ4n) is 2.76. The van der Waals surface area contributed by atoms with E-state index in [4.69, 9.17) is 0 Å². The van der Waals surface area contributed by atoms with Crippen LogP contribution in [0.4, 0.5) is 0 Å². The van der Waals surface area contributed by atoms with Gasteiger partial charge in [-0.25, -0.2) is 0 Å². The Hall–Kier alpha value is -1.82. The molecule has 2 aromatic carbocycles. The number of aliphatic hydroxyl groups is 2. The summed E-state index contributed by atoms with van der Waals surface area (Å²) >= 11 is 0. The summed E-state index contributed by atoms with van der Waals surface area (Å²) in [6.07, 6.45) is 0.